The number of aromatic nitrogens is 2. The fourth-order valence-corrected chi connectivity index (χ4v) is 4.58. The molecule has 1 aromatic heterocycles. The van der Waals surface area contributed by atoms with Gasteiger partial charge in [0.15, 0.2) is 0 Å². The van der Waals surface area contributed by atoms with Crippen LogP contribution < -0.4 is 11.5 Å². The van der Waals surface area contributed by atoms with E-state index in [4.69, 9.17) is 11.5 Å². The zero-order chi connectivity index (χ0) is 13.1. The molecule has 2 fully saturated rings. The molecular formula is C14H22N4. The zero-order valence-corrected chi connectivity index (χ0v) is 11.4. The molecule has 2 bridgehead atoms. The number of nitrogens with two attached hydrogens (primary N) is 2. The van der Waals surface area contributed by atoms with Crippen LogP contribution in [0.5, 0.6) is 0 Å². The monoisotopic (exact) mass is 246 g/mol. The Kier molecular flexibility index (Phi) is 2.20. The molecule has 98 valence electrons. The van der Waals surface area contributed by atoms with Crippen LogP contribution in [0.3, 0.4) is 0 Å². The van der Waals surface area contributed by atoms with E-state index in [0.29, 0.717) is 23.0 Å². The van der Waals surface area contributed by atoms with Gasteiger partial charge in [-0.25, -0.2) is 9.97 Å². The van der Waals surface area contributed by atoms with Crippen molar-refractivity contribution in [3.8, 4) is 0 Å². The van der Waals surface area contributed by atoms with E-state index >= 15 is 0 Å². The van der Waals surface area contributed by atoms with Crippen LogP contribution in [0.25, 0.3) is 0 Å². The summed E-state index contributed by atoms with van der Waals surface area (Å²) in [4.78, 5) is 8.92. The average molecular weight is 246 g/mol. The maximum atomic E-state index is 5.83. The summed E-state index contributed by atoms with van der Waals surface area (Å²) < 4.78 is 0. The van der Waals surface area contributed by atoms with Gasteiger partial charge in [0.05, 0.1) is 0 Å². The second-order valence-corrected chi connectivity index (χ2v) is 6.92. The smallest absolute Gasteiger partial charge is 0.137 e. The molecule has 18 heavy (non-hydrogen) atoms. The maximum absolute atomic E-state index is 5.83. The SMILES string of the molecule is CC12CCC(C1)C(C)(C)C2c1nc(N)cc(N)n1. The molecule has 4 N–H and O–H groups in total. The van der Waals surface area contributed by atoms with E-state index < -0.39 is 0 Å². The number of anilines is 2. The van der Waals surface area contributed by atoms with Crippen LogP contribution in [-0.2, 0) is 0 Å². The third-order valence-electron chi connectivity index (χ3n) is 5.31. The van der Waals surface area contributed by atoms with Gasteiger partial charge in [-0.15, -0.1) is 0 Å². The van der Waals surface area contributed by atoms with Gasteiger partial charge in [0.25, 0.3) is 0 Å². The number of rotatable bonds is 1. The van der Waals surface area contributed by atoms with Gasteiger partial charge in [-0.05, 0) is 36.0 Å². The highest BCUT2D eigenvalue weighted by molar-refractivity contribution is 5.42. The molecule has 0 aromatic carbocycles. The lowest BCUT2D eigenvalue weighted by atomic mass is 9.63. The van der Waals surface area contributed by atoms with Crippen molar-refractivity contribution in [1.29, 1.82) is 0 Å². The van der Waals surface area contributed by atoms with Crippen LogP contribution in [0.1, 0.15) is 51.8 Å². The predicted octanol–water partition coefficient (Wildman–Crippen LogP) is 2.57. The molecule has 0 radical (unpaired) electrons. The summed E-state index contributed by atoms with van der Waals surface area (Å²) >= 11 is 0. The Morgan fingerprint density at radius 3 is 2.28 bits per heavy atom. The third kappa shape index (κ3) is 1.44. The normalized spacial score (nSPS) is 37.1. The first-order valence-electron chi connectivity index (χ1n) is 6.73. The second kappa shape index (κ2) is 3.37. The molecule has 2 saturated carbocycles. The van der Waals surface area contributed by atoms with Gasteiger partial charge < -0.3 is 11.5 Å². The lowest BCUT2D eigenvalue weighted by Gasteiger charge is -2.41. The van der Waals surface area contributed by atoms with Crippen molar-refractivity contribution in [2.45, 2.75) is 46.0 Å². The highest BCUT2D eigenvalue weighted by Crippen LogP contribution is 2.69. The molecular weight excluding hydrogens is 224 g/mol. The zero-order valence-electron chi connectivity index (χ0n) is 11.4. The Morgan fingerprint density at radius 1 is 1.17 bits per heavy atom. The minimum atomic E-state index is 0.243. The van der Waals surface area contributed by atoms with Gasteiger partial charge in [-0.3, -0.25) is 0 Å². The van der Waals surface area contributed by atoms with Gasteiger partial charge in [0, 0.05) is 12.0 Å². The summed E-state index contributed by atoms with van der Waals surface area (Å²) in [7, 11) is 0. The molecule has 3 rings (SSSR count). The Labute approximate surface area is 108 Å². The fraction of sp³-hybridized carbons (Fsp3) is 0.714. The van der Waals surface area contributed by atoms with Gasteiger partial charge in [-0.1, -0.05) is 20.8 Å². The number of hydrogen-bond donors (Lipinski definition) is 2. The number of hydrogen-bond acceptors (Lipinski definition) is 4. The third-order valence-corrected chi connectivity index (χ3v) is 5.31. The molecule has 0 saturated heterocycles. The van der Waals surface area contributed by atoms with Crippen LogP contribution in [-0.4, -0.2) is 9.97 Å². The van der Waals surface area contributed by atoms with Crippen LogP contribution in [0.2, 0.25) is 0 Å². The van der Waals surface area contributed by atoms with Crippen molar-refractivity contribution < 1.29 is 0 Å². The quantitative estimate of drug-likeness (QED) is 0.798. The van der Waals surface area contributed by atoms with E-state index in [1.807, 2.05) is 0 Å². The Hall–Kier alpha value is -1.32. The van der Waals surface area contributed by atoms with E-state index in [-0.39, 0.29) is 5.41 Å². The summed E-state index contributed by atoms with van der Waals surface area (Å²) in [6.07, 6.45) is 3.88. The van der Waals surface area contributed by atoms with Crippen molar-refractivity contribution in [2.75, 3.05) is 11.5 Å². The van der Waals surface area contributed by atoms with Crippen molar-refractivity contribution in [1.82, 2.24) is 9.97 Å². The highest BCUT2D eigenvalue weighted by Gasteiger charge is 2.60. The topological polar surface area (TPSA) is 77.8 Å². The Balaban J connectivity index is 2.10. The Morgan fingerprint density at radius 2 is 1.78 bits per heavy atom. The fourth-order valence-electron chi connectivity index (χ4n) is 4.58. The van der Waals surface area contributed by atoms with Crippen LogP contribution in [0.15, 0.2) is 6.07 Å². The summed E-state index contributed by atoms with van der Waals surface area (Å²) in [6, 6.07) is 1.63. The molecule has 3 atom stereocenters. The molecule has 1 heterocycles. The van der Waals surface area contributed by atoms with Crippen molar-refractivity contribution in [3.05, 3.63) is 11.9 Å². The van der Waals surface area contributed by atoms with Crippen LogP contribution in [0.4, 0.5) is 11.6 Å². The van der Waals surface area contributed by atoms with Gasteiger partial charge in [0.2, 0.25) is 0 Å². The molecule has 0 aliphatic heterocycles. The molecule has 2 aliphatic carbocycles. The standard InChI is InChI=1S/C14H22N4/c1-13(2)8-4-5-14(3,7-8)11(13)12-17-9(15)6-10(16)18-12/h6,8,11H,4-5,7H2,1-3H3,(H4,15,16,17,18). The second-order valence-electron chi connectivity index (χ2n) is 6.92. The Bertz CT molecular complexity index is 472. The summed E-state index contributed by atoms with van der Waals surface area (Å²) in [5, 5.41) is 0. The molecule has 0 amide bonds. The molecule has 1 aromatic rings. The van der Waals surface area contributed by atoms with Crippen molar-refractivity contribution in [2.24, 2.45) is 16.7 Å². The predicted molar refractivity (Wildman–Crippen MR) is 72.8 cm³/mol. The number of nitrogen functional groups attached to an aromatic ring is 2. The first kappa shape index (κ1) is 11.8. The summed E-state index contributed by atoms with van der Waals surface area (Å²) in [6.45, 7) is 7.06. The van der Waals surface area contributed by atoms with E-state index in [1.54, 1.807) is 6.07 Å². The van der Waals surface area contributed by atoms with Crippen LogP contribution >= 0.6 is 0 Å². The summed E-state index contributed by atoms with van der Waals surface area (Å²) in [5.41, 5.74) is 12.2. The van der Waals surface area contributed by atoms with Gasteiger partial charge in [0.1, 0.15) is 17.5 Å². The molecule has 3 unspecified atom stereocenters. The molecule has 2 aliphatic rings. The largest absolute Gasteiger partial charge is 0.384 e. The minimum absolute atomic E-state index is 0.243. The van der Waals surface area contributed by atoms with Crippen molar-refractivity contribution >= 4 is 11.6 Å². The van der Waals surface area contributed by atoms with Crippen LogP contribution in [0, 0.1) is 16.7 Å². The van der Waals surface area contributed by atoms with E-state index in [9.17, 15) is 0 Å². The van der Waals surface area contributed by atoms with Gasteiger partial charge in [-0.2, -0.15) is 0 Å². The molecule has 4 nitrogen and oxygen atoms in total. The number of nitrogens with zero attached hydrogens (tertiary/aromatic N) is 2. The minimum Gasteiger partial charge on any atom is -0.384 e. The van der Waals surface area contributed by atoms with Crippen molar-refractivity contribution in [3.63, 3.8) is 0 Å². The first-order valence-corrected chi connectivity index (χ1v) is 6.73. The molecule has 0 spiro atoms. The van der Waals surface area contributed by atoms with E-state index in [2.05, 4.69) is 30.7 Å². The summed E-state index contributed by atoms with van der Waals surface area (Å²) in [5.74, 6) is 2.97. The van der Waals surface area contributed by atoms with Gasteiger partial charge >= 0.3 is 0 Å². The van der Waals surface area contributed by atoms with E-state index in [1.165, 1.54) is 19.3 Å². The molecule has 4 heteroatoms. The highest BCUT2D eigenvalue weighted by atomic mass is 15.0. The lowest BCUT2D eigenvalue weighted by Crippen LogP contribution is -2.34. The number of fused-ring (bicyclic) bond motifs is 2. The maximum Gasteiger partial charge on any atom is 0.137 e. The average Bonchev–Trinajstić information content (AvgIpc) is 2.66. The first-order chi connectivity index (χ1) is 8.33. The van der Waals surface area contributed by atoms with E-state index in [0.717, 1.165) is 11.7 Å². The lowest BCUT2D eigenvalue weighted by molar-refractivity contribution is 0.130.